The smallest absolute Gasteiger partial charge is 0.219 e. The number of halogens is 1. The Morgan fingerprint density at radius 3 is 2.24 bits per heavy atom. The molecule has 0 aliphatic rings. The summed E-state index contributed by atoms with van der Waals surface area (Å²) >= 11 is 0. The second-order valence-electron chi connectivity index (χ2n) is 7.31. The average Bonchev–Trinajstić information content (AvgIpc) is 2.86. The number of hydrogen-bond donors (Lipinski definition) is 2. The molecule has 1 heterocycles. The number of aryl methyl sites for hydroxylation is 1. The van der Waals surface area contributed by atoms with E-state index in [1.54, 1.807) is 20.4 Å². The van der Waals surface area contributed by atoms with Gasteiger partial charge in [-0.2, -0.15) is 0 Å². The first-order valence-electron chi connectivity index (χ1n) is 11.1. The van der Waals surface area contributed by atoms with Crippen molar-refractivity contribution in [2.75, 3.05) is 27.3 Å². The van der Waals surface area contributed by atoms with Gasteiger partial charge in [0, 0.05) is 25.4 Å². The number of rotatable bonds is 11. The number of benzene rings is 2. The van der Waals surface area contributed by atoms with Crippen LogP contribution in [0.25, 0.3) is 0 Å². The zero-order chi connectivity index (χ0) is 23.3. The Morgan fingerprint density at radius 1 is 0.882 bits per heavy atom. The molecule has 2 aromatic carbocycles. The summed E-state index contributed by atoms with van der Waals surface area (Å²) in [5, 5.41) is 6.68. The number of ether oxygens (including phenoxy) is 3. The topological polar surface area (TPSA) is 77.0 Å². The van der Waals surface area contributed by atoms with Gasteiger partial charge in [-0.15, -0.1) is 24.0 Å². The van der Waals surface area contributed by atoms with Gasteiger partial charge in [-0.3, -0.25) is 0 Å². The molecule has 1 aromatic heterocycles. The standard InChI is InChI=1S/C26H32N4O3.HI/c1-4-27-26(28-17-9-12-20-10-6-5-7-11-20)30-19-21-15-16-24(29-18-21)33-25-22(31-2)13-8-14-23(25)32-3;/h5-8,10-11,13-16,18H,4,9,12,17,19H2,1-3H3,(H2,27,28,30);1H. The van der Waals surface area contributed by atoms with E-state index >= 15 is 0 Å². The molecule has 0 amide bonds. The van der Waals surface area contributed by atoms with Gasteiger partial charge >= 0.3 is 0 Å². The first-order valence-corrected chi connectivity index (χ1v) is 11.1. The number of aromatic nitrogens is 1. The predicted molar refractivity (Wildman–Crippen MR) is 147 cm³/mol. The van der Waals surface area contributed by atoms with E-state index in [0.717, 1.165) is 37.5 Å². The molecule has 34 heavy (non-hydrogen) atoms. The Hall–Kier alpha value is -3.01. The van der Waals surface area contributed by atoms with Crippen molar-refractivity contribution in [3.8, 4) is 23.1 Å². The SMILES string of the molecule is CCNC(=NCc1ccc(Oc2c(OC)cccc2OC)nc1)NCCCc1ccccc1.I. The molecule has 0 aliphatic heterocycles. The van der Waals surface area contributed by atoms with Crippen LogP contribution in [0.1, 0.15) is 24.5 Å². The fourth-order valence-corrected chi connectivity index (χ4v) is 3.24. The van der Waals surface area contributed by atoms with Gasteiger partial charge in [-0.1, -0.05) is 42.5 Å². The lowest BCUT2D eigenvalue weighted by molar-refractivity contribution is 0.342. The van der Waals surface area contributed by atoms with Gasteiger partial charge in [0.15, 0.2) is 17.5 Å². The fraction of sp³-hybridized carbons (Fsp3) is 0.308. The Morgan fingerprint density at radius 2 is 1.62 bits per heavy atom. The second kappa shape index (κ2) is 15.0. The predicted octanol–water partition coefficient (Wildman–Crippen LogP) is 5.20. The van der Waals surface area contributed by atoms with E-state index in [4.69, 9.17) is 14.2 Å². The molecule has 0 atom stereocenters. The van der Waals surface area contributed by atoms with E-state index in [9.17, 15) is 0 Å². The Bertz CT molecular complexity index is 992. The van der Waals surface area contributed by atoms with Crippen molar-refractivity contribution < 1.29 is 14.2 Å². The van der Waals surface area contributed by atoms with Crippen molar-refractivity contribution in [1.82, 2.24) is 15.6 Å². The first-order chi connectivity index (χ1) is 16.2. The molecule has 0 saturated carbocycles. The van der Waals surface area contributed by atoms with Gasteiger partial charge in [0.1, 0.15) is 0 Å². The van der Waals surface area contributed by atoms with Gasteiger partial charge in [-0.25, -0.2) is 9.98 Å². The number of nitrogens with zero attached hydrogens (tertiary/aromatic N) is 2. The Labute approximate surface area is 219 Å². The van der Waals surface area contributed by atoms with Crippen molar-refractivity contribution in [2.45, 2.75) is 26.3 Å². The molecule has 3 aromatic rings. The number of guanidine groups is 1. The van der Waals surface area contributed by atoms with Crippen LogP contribution in [0.15, 0.2) is 71.9 Å². The maximum atomic E-state index is 5.92. The minimum Gasteiger partial charge on any atom is -0.493 e. The van der Waals surface area contributed by atoms with Crippen molar-refractivity contribution in [1.29, 1.82) is 0 Å². The Kier molecular flexibility index (Phi) is 12.0. The molecule has 7 nitrogen and oxygen atoms in total. The molecule has 0 spiro atoms. The number of pyridine rings is 1. The number of aliphatic imine (C=N–C) groups is 1. The molecule has 8 heteroatoms. The average molecular weight is 576 g/mol. The van der Waals surface area contributed by atoms with Gasteiger partial charge in [0.2, 0.25) is 11.6 Å². The van der Waals surface area contributed by atoms with Crippen LogP contribution in [0.5, 0.6) is 23.1 Å². The second-order valence-corrected chi connectivity index (χ2v) is 7.31. The van der Waals surface area contributed by atoms with Crippen molar-refractivity contribution >= 4 is 29.9 Å². The van der Waals surface area contributed by atoms with Crippen molar-refractivity contribution in [3.05, 3.63) is 78.0 Å². The van der Waals surface area contributed by atoms with Crippen LogP contribution in [0.3, 0.4) is 0 Å². The summed E-state index contributed by atoms with van der Waals surface area (Å²) in [4.78, 5) is 9.08. The van der Waals surface area contributed by atoms with Crippen LogP contribution in [0.4, 0.5) is 0 Å². The summed E-state index contributed by atoms with van der Waals surface area (Å²) in [7, 11) is 3.18. The summed E-state index contributed by atoms with van der Waals surface area (Å²) < 4.78 is 16.7. The number of para-hydroxylation sites is 1. The van der Waals surface area contributed by atoms with E-state index in [-0.39, 0.29) is 24.0 Å². The zero-order valence-electron chi connectivity index (χ0n) is 19.9. The lowest BCUT2D eigenvalue weighted by Gasteiger charge is -2.13. The van der Waals surface area contributed by atoms with Gasteiger partial charge < -0.3 is 24.8 Å². The summed E-state index contributed by atoms with van der Waals surface area (Å²) in [6.45, 7) is 4.23. The van der Waals surface area contributed by atoms with Gasteiger partial charge in [0.25, 0.3) is 0 Å². The number of nitrogens with one attached hydrogen (secondary N) is 2. The maximum absolute atomic E-state index is 5.92. The van der Waals surface area contributed by atoms with E-state index < -0.39 is 0 Å². The molecule has 0 fully saturated rings. The van der Waals surface area contributed by atoms with Crippen LogP contribution in [0.2, 0.25) is 0 Å². The molecule has 0 saturated heterocycles. The molecular weight excluding hydrogens is 543 g/mol. The zero-order valence-corrected chi connectivity index (χ0v) is 22.2. The van der Waals surface area contributed by atoms with Crippen LogP contribution in [0, 0.1) is 0 Å². The minimum absolute atomic E-state index is 0. The highest BCUT2D eigenvalue weighted by Crippen LogP contribution is 2.39. The largest absolute Gasteiger partial charge is 0.493 e. The number of methoxy groups -OCH3 is 2. The lowest BCUT2D eigenvalue weighted by Crippen LogP contribution is -2.37. The third-order valence-corrected chi connectivity index (χ3v) is 4.93. The normalized spacial score (nSPS) is 10.7. The molecule has 2 N–H and O–H groups in total. The highest BCUT2D eigenvalue weighted by atomic mass is 127. The molecular formula is C26H33IN4O3. The molecule has 0 radical (unpaired) electrons. The fourth-order valence-electron chi connectivity index (χ4n) is 3.24. The van der Waals surface area contributed by atoms with Crippen LogP contribution in [-0.4, -0.2) is 38.3 Å². The highest BCUT2D eigenvalue weighted by Gasteiger charge is 2.13. The van der Waals surface area contributed by atoms with E-state index in [2.05, 4.69) is 51.8 Å². The summed E-state index contributed by atoms with van der Waals surface area (Å²) in [5.74, 6) is 2.91. The third kappa shape index (κ3) is 8.40. The van der Waals surface area contributed by atoms with E-state index in [0.29, 0.717) is 29.7 Å². The van der Waals surface area contributed by atoms with Crippen LogP contribution in [-0.2, 0) is 13.0 Å². The van der Waals surface area contributed by atoms with E-state index in [1.165, 1.54) is 5.56 Å². The Balaban J connectivity index is 0.00000408. The lowest BCUT2D eigenvalue weighted by atomic mass is 10.1. The van der Waals surface area contributed by atoms with Crippen LogP contribution < -0.4 is 24.8 Å². The van der Waals surface area contributed by atoms with E-state index in [1.807, 2.05) is 36.4 Å². The minimum atomic E-state index is 0. The molecule has 0 aliphatic carbocycles. The highest BCUT2D eigenvalue weighted by molar-refractivity contribution is 14.0. The molecule has 0 bridgehead atoms. The first kappa shape index (κ1) is 27.2. The third-order valence-electron chi connectivity index (χ3n) is 4.93. The quantitative estimate of drug-likeness (QED) is 0.142. The van der Waals surface area contributed by atoms with Crippen molar-refractivity contribution in [2.24, 2.45) is 4.99 Å². The van der Waals surface area contributed by atoms with Gasteiger partial charge in [-0.05, 0) is 43.0 Å². The monoisotopic (exact) mass is 576 g/mol. The van der Waals surface area contributed by atoms with Crippen molar-refractivity contribution in [3.63, 3.8) is 0 Å². The molecule has 3 rings (SSSR count). The summed E-state index contributed by atoms with van der Waals surface area (Å²) in [5.41, 5.74) is 2.33. The molecule has 0 unspecified atom stereocenters. The summed E-state index contributed by atoms with van der Waals surface area (Å²) in [6.07, 6.45) is 3.84. The number of hydrogen-bond acceptors (Lipinski definition) is 5. The van der Waals surface area contributed by atoms with Crippen LogP contribution >= 0.6 is 24.0 Å². The maximum Gasteiger partial charge on any atom is 0.219 e. The summed E-state index contributed by atoms with van der Waals surface area (Å²) in [6, 6.07) is 19.7. The van der Waals surface area contributed by atoms with Gasteiger partial charge in [0.05, 0.1) is 20.8 Å². The molecule has 182 valence electrons.